The topological polar surface area (TPSA) is 147 Å². The Morgan fingerprint density at radius 3 is 2.50 bits per heavy atom. The molecule has 48 heavy (non-hydrogen) atoms. The van der Waals surface area contributed by atoms with Crippen molar-refractivity contribution in [2.24, 2.45) is 5.92 Å². The van der Waals surface area contributed by atoms with Gasteiger partial charge in [-0.15, -0.1) is 11.3 Å². The van der Waals surface area contributed by atoms with E-state index in [4.69, 9.17) is 14.2 Å². The summed E-state index contributed by atoms with van der Waals surface area (Å²) in [6.45, 7) is 5.96. The number of fused-ring (bicyclic) bond motifs is 1. The molecule has 0 saturated carbocycles. The highest BCUT2D eigenvalue weighted by atomic mass is 32.2. The highest BCUT2D eigenvalue weighted by Crippen LogP contribution is 2.29. The third-order valence-electron chi connectivity index (χ3n) is 8.25. The number of ether oxygens (including phenoxy) is 3. The largest absolute Gasteiger partial charge is 0.497 e. The number of thiophene rings is 1. The third-order valence-corrected chi connectivity index (χ3v) is 11.5. The van der Waals surface area contributed by atoms with Crippen LogP contribution >= 0.6 is 11.3 Å². The molecule has 1 aliphatic heterocycles. The van der Waals surface area contributed by atoms with Gasteiger partial charge in [-0.05, 0) is 87.0 Å². The highest BCUT2D eigenvalue weighted by molar-refractivity contribution is 7.91. The summed E-state index contributed by atoms with van der Waals surface area (Å²) < 4.78 is 45.8. The van der Waals surface area contributed by atoms with Crippen LogP contribution in [0.15, 0.2) is 64.2 Å². The summed E-state index contributed by atoms with van der Waals surface area (Å²) in [7, 11) is -0.628. The normalized spacial score (nSPS) is 20.3. The molecule has 14 heteroatoms. The monoisotopic (exact) mass is 702 g/mol. The molecule has 4 atom stereocenters. The van der Waals surface area contributed by atoms with Crippen molar-refractivity contribution in [1.29, 1.82) is 0 Å². The van der Waals surface area contributed by atoms with Crippen LogP contribution in [0.3, 0.4) is 0 Å². The molecule has 0 unspecified atom stereocenters. The van der Waals surface area contributed by atoms with Crippen molar-refractivity contribution in [2.75, 3.05) is 51.1 Å². The van der Waals surface area contributed by atoms with Gasteiger partial charge in [0.1, 0.15) is 15.7 Å². The molecule has 3 aromatic rings. The number of likely N-dealkylation sites (N-methyl/N-ethyl adjacent to an activating group) is 1. The molecule has 12 nitrogen and oxygen atoms in total. The zero-order valence-electron chi connectivity index (χ0n) is 28.0. The Hall–Kier alpha value is -3.69. The fourth-order valence-corrected chi connectivity index (χ4v) is 7.73. The lowest BCUT2D eigenvalue weighted by Crippen LogP contribution is -2.48. The first-order chi connectivity index (χ1) is 22.9. The molecule has 0 radical (unpaired) electrons. The summed E-state index contributed by atoms with van der Waals surface area (Å²) in [4.78, 5) is 28.8. The molecule has 0 saturated heterocycles. The second-order valence-electron chi connectivity index (χ2n) is 12.0. The molecule has 0 aliphatic carbocycles. The van der Waals surface area contributed by atoms with E-state index in [0.29, 0.717) is 35.9 Å². The summed E-state index contributed by atoms with van der Waals surface area (Å²) in [6.07, 6.45) is 1.49. The minimum absolute atomic E-state index is 0.0877. The SMILES string of the molecule is COc1ccc(NC(=O)Nc2ccc3c(c2)C(=O)N([C@@H](C)CO)C[C@H](C)[C@@H](CN(C)S(=O)(=O)c2cccs2)OCCCC[C@@H](C)O3)cc1. The zero-order valence-corrected chi connectivity index (χ0v) is 29.7. The van der Waals surface area contributed by atoms with Gasteiger partial charge in [-0.2, -0.15) is 4.31 Å². The third kappa shape index (κ3) is 9.69. The fourth-order valence-electron chi connectivity index (χ4n) is 5.35. The Bertz CT molecular complexity index is 1600. The lowest BCUT2D eigenvalue weighted by molar-refractivity contribution is -0.00832. The van der Waals surface area contributed by atoms with Crippen LogP contribution in [-0.2, 0) is 14.8 Å². The first kappa shape index (κ1) is 37.1. The molecular formula is C34H46N4O8S2. The van der Waals surface area contributed by atoms with Crippen LogP contribution in [-0.4, -0.2) is 93.4 Å². The van der Waals surface area contributed by atoms with Crippen molar-refractivity contribution in [3.05, 3.63) is 65.5 Å². The Morgan fingerprint density at radius 1 is 1.12 bits per heavy atom. The van der Waals surface area contributed by atoms with Gasteiger partial charge in [0.25, 0.3) is 15.9 Å². The van der Waals surface area contributed by atoms with Crippen LogP contribution in [0.4, 0.5) is 16.2 Å². The van der Waals surface area contributed by atoms with Gasteiger partial charge in [0.15, 0.2) is 0 Å². The molecule has 3 N–H and O–H groups in total. The number of amides is 3. The summed E-state index contributed by atoms with van der Waals surface area (Å²) >= 11 is 1.15. The van der Waals surface area contributed by atoms with Crippen molar-refractivity contribution in [1.82, 2.24) is 9.21 Å². The number of hydrogen-bond donors (Lipinski definition) is 3. The van der Waals surface area contributed by atoms with Crippen LogP contribution < -0.4 is 20.1 Å². The average molecular weight is 703 g/mol. The van der Waals surface area contributed by atoms with Crippen LogP contribution in [0.25, 0.3) is 0 Å². The summed E-state index contributed by atoms with van der Waals surface area (Å²) in [5.41, 5.74) is 1.16. The van der Waals surface area contributed by atoms with E-state index in [1.807, 2.05) is 13.8 Å². The van der Waals surface area contributed by atoms with Gasteiger partial charge in [0.2, 0.25) is 0 Å². The lowest BCUT2D eigenvalue weighted by atomic mass is 10.0. The molecule has 4 rings (SSSR count). The molecule has 1 aliphatic rings. The number of methoxy groups -OCH3 is 1. The summed E-state index contributed by atoms with van der Waals surface area (Å²) in [5.74, 6) is 0.305. The zero-order chi connectivity index (χ0) is 34.8. The molecule has 3 amide bonds. The predicted octanol–water partition coefficient (Wildman–Crippen LogP) is 5.52. The quantitative estimate of drug-likeness (QED) is 0.264. The number of rotatable bonds is 9. The van der Waals surface area contributed by atoms with Crippen LogP contribution in [0.1, 0.15) is 50.4 Å². The second kappa shape index (κ2) is 17.1. The number of carbonyl (C=O) groups excluding carboxylic acids is 2. The van der Waals surface area contributed by atoms with E-state index in [9.17, 15) is 23.1 Å². The van der Waals surface area contributed by atoms with E-state index in [1.165, 1.54) is 11.4 Å². The van der Waals surface area contributed by atoms with Crippen molar-refractivity contribution in [3.8, 4) is 11.5 Å². The Morgan fingerprint density at radius 2 is 1.83 bits per heavy atom. The molecule has 2 heterocycles. The number of nitrogens with one attached hydrogen (secondary N) is 2. The van der Waals surface area contributed by atoms with Crippen LogP contribution in [0, 0.1) is 5.92 Å². The van der Waals surface area contributed by atoms with E-state index in [0.717, 1.165) is 24.2 Å². The van der Waals surface area contributed by atoms with Gasteiger partial charge < -0.3 is 34.9 Å². The highest BCUT2D eigenvalue weighted by Gasteiger charge is 2.32. The number of benzene rings is 2. The van der Waals surface area contributed by atoms with Crippen molar-refractivity contribution < 1.29 is 37.3 Å². The first-order valence-corrected chi connectivity index (χ1v) is 18.3. The van der Waals surface area contributed by atoms with Gasteiger partial charge in [-0.3, -0.25) is 4.79 Å². The average Bonchev–Trinajstić information content (AvgIpc) is 3.62. The Kier molecular flexibility index (Phi) is 13.2. The molecule has 0 fully saturated rings. The molecule has 1 aromatic heterocycles. The molecular weight excluding hydrogens is 657 g/mol. The van der Waals surface area contributed by atoms with E-state index < -0.39 is 34.1 Å². The van der Waals surface area contributed by atoms with Gasteiger partial charge in [0, 0.05) is 44.0 Å². The minimum atomic E-state index is -3.72. The molecule has 2 aromatic carbocycles. The summed E-state index contributed by atoms with van der Waals surface area (Å²) in [5, 5.41) is 17.5. The van der Waals surface area contributed by atoms with E-state index in [2.05, 4.69) is 10.6 Å². The minimum Gasteiger partial charge on any atom is -0.497 e. The smallest absolute Gasteiger partial charge is 0.323 e. The standard InChI is InChI=1S/C34H46N4O8S2/c1-23-20-38(24(2)22-39)33(40)29-19-27(36-34(41)35-26-11-14-28(44-5)15-12-26)13-16-30(29)46-25(3)9-6-7-17-45-31(23)21-37(4)48(42,43)32-10-8-18-47-32/h8,10-16,18-19,23-25,31,39H,6-7,9,17,20-22H2,1-5H3,(H2,35,36,41)/t23-,24-,25+,31+/m0/s1. The van der Waals surface area contributed by atoms with Crippen molar-refractivity contribution >= 4 is 44.7 Å². The Balaban J connectivity index is 1.61. The maximum Gasteiger partial charge on any atom is 0.323 e. The summed E-state index contributed by atoms with van der Waals surface area (Å²) in [6, 6.07) is 14.0. The molecule has 262 valence electrons. The van der Waals surface area contributed by atoms with Gasteiger partial charge in [-0.25, -0.2) is 13.2 Å². The Labute approximate surface area is 287 Å². The number of aliphatic hydroxyl groups is 1. The maximum atomic E-state index is 14.3. The van der Waals surface area contributed by atoms with E-state index in [1.54, 1.807) is 78.9 Å². The number of hydrogen-bond acceptors (Lipinski definition) is 9. The van der Waals surface area contributed by atoms with Gasteiger partial charge in [-0.1, -0.05) is 13.0 Å². The van der Waals surface area contributed by atoms with Gasteiger partial charge in [0.05, 0.1) is 37.5 Å². The van der Waals surface area contributed by atoms with E-state index >= 15 is 0 Å². The van der Waals surface area contributed by atoms with Crippen LogP contribution in [0.5, 0.6) is 11.5 Å². The lowest BCUT2D eigenvalue weighted by Gasteiger charge is -2.35. The number of nitrogens with zero attached hydrogens (tertiary/aromatic N) is 2. The number of aliphatic hydroxyl groups excluding tert-OH is 1. The number of anilines is 2. The number of urea groups is 1. The van der Waals surface area contributed by atoms with Crippen molar-refractivity contribution in [3.63, 3.8) is 0 Å². The number of carbonyl (C=O) groups is 2. The molecule has 0 bridgehead atoms. The number of sulfonamides is 1. The van der Waals surface area contributed by atoms with Crippen LogP contribution in [0.2, 0.25) is 0 Å². The van der Waals surface area contributed by atoms with Gasteiger partial charge >= 0.3 is 6.03 Å². The fraction of sp³-hybridized carbons (Fsp3) is 0.471. The predicted molar refractivity (Wildman–Crippen MR) is 187 cm³/mol. The first-order valence-electron chi connectivity index (χ1n) is 16.0. The van der Waals surface area contributed by atoms with Crippen molar-refractivity contribution in [2.45, 2.75) is 62.5 Å². The molecule has 0 spiro atoms. The maximum absolute atomic E-state index is 14.3. The second-order valence-corrected chi connectivity index (χ2v) is 15.3. The van der Waals surface area contributed by atoms with E-state index in [-0.39, 0.29) is 41.5 Å².